The summed E-state index contributed by atoms with van der Waals surface area (Å²) in [5.74, 6) is -0.463. The van der Waals surface area contributed by atoms with E-state index in [1.807, 2.05) is 24.3 Å². The number of guanidine groups is 2. The monoisotopic (exact) mass is 660 g/mol. The number of unbranched alkanes of at least 4 members (excludes halogenated alkanes) is 3. The largest absolute Gasteiger partial charge is 0.370 e. The molecule has 0 bridgehead atoms. The summed E-state index contributed by atoms with van der Waals surface area (Å²) >= 11 is 0. The van der Waals surface area contributed by atoms with E-state index in [1.54, 1.807) is 34.1 Å². The van der Waals surface area contributed by atoms with E-state index in [0.717, 1.165) is 36.8 Å². The first-order valence-corrected chi connectivity index (χ1v) is 16.6. The van der Waals surface area contributed by atoms with Crippen molar-refractivity contribution in [3.8, 4) is 0 Å². The first-order valence-electron chi connectivity index (χ1n) is 16.6. The highest BCUT2D eigenvalue weighted by atomic mass is 16.2. The number of nitrogens with one attached hydrogen (secondary N) is 2. The second kappa shape index (κ2) is 17.7. The van der Waals surface area contributed by atoms with E-state index in [0.29, 0.717) is 76.1 Å². The van der Waals surface area contributed by atoms with Gasteiger partial charge in [-0.1, -0.05) is 37.1 Å². The Labute approximate surface area is 281 Å². The molecule has 2 aromatic carbocycles. The van der Waals surface area contributed by atoms with Crippen molar-refractivity contribution in [1.82, 2.24) is 20.4 Å². The van der Waals surface area contributed by atoms with Crippen LogP contribution < -0.4 is 33.6 Å². The Bertz CT molecular complexity index is 1360. The summed E-state index contributed by atoms with van der Waals surface area (Å²) in [5.41, 5.74) is 24.9. The van der Waals surface area contributed by atoms with Crippen LogP contribution in [0.3, 0.4) is 0 Å². The van der Waals surface area contributed by atoms with E-state index in [1.165, 1.54) is 0 Å². The highest BCUT2D eigenvalue weighted by Gasteiger charge is 2.31. The number of likely N-dealkylation sites (tertiary alicyclic amines) is 2. The number of carbonyl (C=O) groups excluding carboxylic acids is 4. The number of carbonyl (C=O) groups is 4. The van der Waals surface area contributed by atoms with Gasteiger partial charge >= 0.3 is 0 Å². The molecule has 14 heteroatoms. The minimum Gasteiger partial charge on any atom is -0.370 e. The van der Waals surface area contributed by atoms with Crippen LogP contribution in [-0.2, 0) is 32.3 Å². The Morgan fingerprint density at radius 1 is 0.625 bits per heavy atom. The zero-order valence-electron chi connectivity index (χ0n) is 27.4. The van der Waals surface area contributed by atoms with Crippen molar-refractivity contribution in [2.24, 2.45) is 32.9 Å². The molecule has 10 N–H and O–H groups in total. The molecule has 2 unspecified atom stereocenters. The van der Waals surface area contributed by atoms with Gasteiger partial charge in [-0.15, -0.1) is 0 Å². The third-order valence-corrected chi connectivity index (χ3v) is 8.43. The fourth-order valence-corrected chi connectivity index (χ4v) is 6.01. The number of hydrogen-bond donors (Lipinski definition) is 6. The average Bonchev–Trinajstić information content (AvgIpc) is 3.04. The van der Waals surface area contributed by atoms with Gasteiger partial charge in [0.15, 0.2) is 11.9 Å². The molecule has 0 radical (unpaired) electrons. The van der Waals surface area contributed by atoms with Gasteiger partial charge in [0, 0.05) is 39.0 Å². The highest BCUT2D eigenvalue weighted by molar-refractivity contribution is 5.89. The lowest BCUT2D eigenvalue weighted by molar-refractivity contribution is -0.139. The molecule has 2 aliphatic rings. The van der Waals surface area contributed by atoms with Gasteiger partial charge < -0.3 is 43.4 Å². The standard InChI is InChI=1S/C34H48N10O4/c35-33(36)39-25-15-11-23(12-16-25)21-43-19-5-7-27(31(43)47)41-29(45)9-3-1-2-4-10-30(46)42-28-8-6-20-44(32(28)48)22-24-13-17-26(18-14-24)40-34(37)38/h11-18,27-28H,1-10,19-22H2,(H,41,45)(H,42,46)(H4,35,36,39)(H4,37,38,40). The molecular formula is C34H48N10O4. The molecule has 2 atom stereocenters. The number of aliphatic imine (C=N–C) groups is 2. The van der Waals surface area contributed by atoms with Gasteiger partial charge in [-0.25, -0.2) is 9.98 Å². The molecule has 0 aromatic heterocycles. The molecule has 2 aliphatic heterocycles. The Hall–Kier alpha value is -5.14. The van der Waals surface area contributed by atoms with Crippen molar-refractivity contribution in [1.29, 1.82) is 0 Å². The Kier molecular flexibility index (Phi) is 13.2. The summed E-state index contributed by atoms with van der Waals surface area (Å²) in [7, 11) is 0. The van der Waals surface area contributed by atoms with Crippen LogP contribution in [0.2, 0.25) is 0 Å². The van der Waals surface area contributed by atoms with Crippen LogP contribution in [0.25, 0.3) is 0 Å². The molecule has 2 saturated heterocycles. The van der Waals surface area contributed by atoms with Crippen molar-refractivity contribution >= 4 is 46.9 Å². The van der Waals surface area contributed by atoms with Gasteiger partial charge in [-0.3, -0.25) is 19.2 Å². The van der Waals surface area contributed by atoms with Crippen LogP contribution in [-0.4, -0.2) is 70.5 Å². The molecule has 2 heterocycles. The highest BCUT2D eigenvalue weighted by Crippen LogP contribution is 2.20. The van der Waals surface area contributed by atoms with Crippen molar-refractivity contribution in [3.63, 3.8) is 0 Å². The van der Waals surface area contributed by atoms with Crippen molar-refractivity contribution in [3.05, 3.63) is 59.7 Å². The van der Waals surface area contributed by atoms with Crippen LogP contribution in [0.15, 0.2) is 58.5 Å². The van der Waals surface area contributed by atoms with E-state index >= 15 is 0 Å². The van der Waals surface area contributed by atoms with Gasteiger partial charge in [-0.05, 0) is 73.9 Å². The van der Waals surface area contributed by atoms with E-state index < -0.39 is 12.1 Å². The van der Waals surface area contributed by atoms with Gasteiger partial charge in [0.2, 0.25) is 23.6 Å². The summed E-state index contributed by atoms with van der Waals surface area (Å²) in [6.45, 7) is 2.17. The van der Waals surface area contributed by atoms with Crippen molar-refractivity contribution in [2.75, 3.05) is 13.1 Å². The van der Waals surface area contributed by atoms with Crippen molar-refractivity contribution in [2.45, 2.75) is 89.4 Å². The summed E-state index contributed by atoms with van der Waals surface area (Å²) in [4.78, 5) is 62.8. The smallest absolute Gasteiger partial charge is 0.245 e. The third kappa shape index (κ3) is 11.3. The van der Waals surface area contributed by atoms with E-state index in [2.05, 4.69) is 20.6 Å². The zero-order chi connectivity index (χ0) is 34.5. The SMILES string of the molecule is NC(N)=Nc1ccc(CN2CCCC(NC(=O)CCCCCCC(=O)NC3CCCN(Cc4ccc(N=C(N)N)cc4)C3=O)C2=O)cc1. The summed E-state index contributed by atoms with van der Waals surface area (Å²) in [6, 6.07) is 13.6. The van der Waals surface area contributed by atoms with Crippen LogP contribution in [0.1, 0.15) is 75.3 Å². The zero-order valence-corrected chi connectivity index (χ0v) is 27.4. The van der Waals surface area contributed by atoms with Crippen LogP contribution >= 0.6 is 0 Å². The van der Waals surface area contributed by atoms with Crippen LogP contribution in [0.5, 0.6) is 0 Å². The van der Waals surface area contributed by atoms with Gasteiger partial charge in [0.25, 0.3) is 0 Å². The second-order valence-corrected chi connectivity index (χ2v) is 12.4. The molecule has 14 nitrogen and oxygen atoms in total. The quantitative estimate of drug-likeness (QED) is 0.0934. The fourth-order valence-electron chi connectivity index (χ4n) is 6.01. The molecule has 0 spiro atoms. The number of amides is 4. The maximum atomic E-state index is 13.0. The van der Waals surface area contributed by atoms with Gasteiger partial charge in [-0.2, -0.15) is 0 Å². The first-order chi connectivity index (χ1) is 23.1. The predicted octanol–water partition coefficient (Wildman–Crippen LogP) is 1.75. The lowest BCUT2D eigenvalue weighted by Crippen LogP contribution is -2.51. The molecule has 0 saturated carbocycles. The summed E-state index contributed by atoms with van der Waals surface area (Å²) in [6.07, 6.45) is 6.43. The Morgan fingerprint density at radius 2 is 1.00 bits per heavy atom. The minimum atomic E-state index is -0.522. The van der Waals surface area contributed by atoms with Gasteiger partial charge in [0.05, 0.1) is 11.4 Å². The predicted molar refractivity (Wildman–Crippen MR) is 185 cm³/mol. The first kappa shape index (κ1) is 35.7. The van der Waals surface area contributed by atoms with Crippen LogP contribution in [0.4, 0.5) is 11.4 Å². The molecule has 0 aliphatic carbocycles. The maximum absolute atomic E-state index is 13.0. The normalized spacial score (nSPS) is 17.8. The van der Waals surface area contributed by atoms with E-state index in [4.69, 9.17) is 22.9 Å². The summed E-state index contributed by atoms with van der Waals surface area (Å²) < 4.78 is 0. The van der Waals surface area contributed by atoms with E-state index in [9.17, 15) is 19.2 Å². The molecule has 4 amide bonds. The lowest BCUT2D eigenvalue weighted by Gasteiger charge is -2.32. The number of hydrogen-bond acceptors (Lipinski definition) is 6. The number of rotatable bonds is 15. The summed E-state index contributed by atoms with van der Waals surface area (Å²) in [5, 5.41) is 5.82. The third-order valence-electron chi connectivity index (χ3n) is 8.43. The van der Waals surface area contributed by atoms with Crippen LogP contribution in [0, 0.1) is 0 Å². The number of benzene rings is 2. The lowest BCUT2D eigenvalue weighted by atomic mass is 10.0. The molecule has 48 heavy (non-hydrogen) atoms. The van der Waals surface area contributed by atoms with Gasteiger partial charge in [0.1, 0.15) is 12.1 Å². The average molecular weight is 661 g/mol. The Balaban J connectivity index is 1.09. The molecule has 4 rings (SSSR count). The molecule has 2 aromatic rings. The molecular weight excluding hydrogens is 612 g/mol. The number of nitrogens with zero attached hydrogens (tertiary/aromatic N) is 4. The number of piperidine rings is 2. The number of nitrogens with two attached hydrogens (primary N) is 4. The molecule has 258 valence electrons. The second-order valence-electron chi connectivity index (χ2n) is 12.4. The fraction of sp³-hybridized carbons (Fsp3) is 0.471. The maximum Gasteiger partial charge on any atom is 0.245 e. The van der Waals surface area contributed by atoms with Crippen molar-refractivity contribution < 1.29 is 19.2 Å². The molecule has 2 fully saturated rings. The van der Waals surface area contributed by atoms with E-state index in [-0.39, 0.29) is 35.5 Å². The Morgan fingerprint density at radius 3 is 1.35 bits per heavy atom. The topological polar surface area (TPSA) is 228 Å². The minimum absolute atomic E-state index is 0.0150.